The molecule has 0 aliphatic carbocycles. The van der Waals surface area contributed by atoms with E-state index in [0.29, 0.717) is 0 Å². The predicted molar refractivity (Wildman–Crippen MR) is 67.0 cm³/mol. The van der Waals surface area contributed by atoms with Gasteiger partial charge in [-0.1, -0.05) is 30.3 Å². The number of aliphatic hydroxyl groups excluding tert-OH is 1. The van der Waals surface area contributed by atoms with Crippen molar-refractivity contribution in [2.75, 3.05) is 13.2 Å². The van der Waals surface area contributed by atoms with Gasteiger partial charge in [0.05, 0.1) is 18.7 Å². The van der Waals surface area contributed by atoms with Crippen molar-refractivity contribution < 1.29 is 14.6 Å². The smallest absolute Gasteiger partial charge is 0.407 e. The van der Waals surface area contributed by atoms with E-state index in [-0.39, 0.29) is 25.3 Å². The van der Waals surface area contributed by atoms with Crippen molar-refractivity contribution in [2.45, 2.75) is 25.1 Å². The third-order valence-electron chi connectivity index (χ3n) is 3.06. The van der Waals surface area contributed by atoms with Crippen molar-refractivity contribution >= 4 is 6.09 Å². The molecule has 1 fully saturated rings. The zero-order valence-electron chi connectivity index (χ0n) is 10.1. The van der Waals surface area contributed by atoms with E-state index in [0.717, 1.165) is 18.5 Å². The number of hydrogen-bond donors (Lipinski definition) is 3. The van der Waals surface area contributed by atoms with Crippen molar-refractivity contribution in [3.8, 4) is 0 Å². The number of benzene rings is 1. The Bertz CT molecular complexity index is 383. The molecule has 5 heteroatoms. The van der Waals surface area contributed by atoms with E-state index < -0.39 is 6.09 Å². The van der Waals surface area contributed by atoms with Gasteiger partial charge in [-0.3, -0.25) is 0 Å². The molecule has 3 N–H and O–H groups in total. The van der Waals surface area contributed by atoms with Crippen molar-refractivity contribution in [1.82, 2.24) is 10.6 Å². The first kappa shape index (κ1) is 12.9. The second-order valence-electron chi connectivity index (χ2n) is 4.34. The van der Waals surface area contributed by atoms with Gasteiger partial charge < -0.3 is 20.5 Å². The van der Waals surface area contributed by atoms with Gasteiger partial charge in [-0.2, -0.15) is 0 Å². The van der Waals surface area contributed by atoms with Gasteiger partial charge in [-0.05, 0) is 18.5 Å². The van der Waals surface area contributed by atoms with Gasteiger partial charge in [0.25, 0.3) is 0 Å². The molecule has 98 valence electrons. The van der Waals surface area contributed by atoms with Gasteiger partial charge in [0.1, 0.15) is 6.61 Å². The Hall–Kier alpha value is -1.59. The quantitative estimate of drug-likeness (QED) is 0.733. The lowest BCUT2D eigenvalue weighted by Gasteiger charge is -2.18. The molecule has 0 spiro atoms. The van der Waals surface area contributed by atoms with Crippen LogP contribution >= 0.6 is 0 Å². The molecule has 0 aromatic heterocycles. The molecule has 1 aromatic carbocycles. The van der Waals surface area contributed by atoms with E-state index in [1.165, 1.54) is 0 Å². The Morgan fingerprint density at radius 2 is 2.22 bits per heavy atom. The van der Waals surface area contributed by atoms with E-state index in [4.69, 9.17) is 9.84 Å². The molecule has 1 saturated heterocycles. The number of amides is 1. The summed E-state index contributed by atoms with van der Waals surface area (Å²) in [6, 6.07) is 9.40. The molecular formula is C13H18N2O3. The van der Waals surface area contributed by atoms with Crippen molar-refractivity contribution in [3.05, 3.63) is 35.9 Å². The number of alkyl carbamates (subject to hydrolysis) is 1. The maximum absolute atomic E-state index is 11.6. The number of nitrogens with one attached hydrogen (secondary N) is 2. The first-order valence-electron chi connectivity index (χ1n) is 6.11. The molecule has 2 atom stereocenters. The highest BCUT2D eigenvalue weighted by atomic mass is 16.5. The summed E-state index contributed by atoms with van der Waals surface area (Å²) in [7, 11) is 0. The second kappa shape index (κ2) is 6.37. The highest BCUT2D eigenvalue weighted by Gasteiger charge is 2.27. The summed E-state index contributed by atoms with van der Waals surface area (Å²) in [4.78, 5) is 11.6. The molecular weight excluding hydrogens is 232 g/mol. The molecule has 1 aliphatic rings. The number of rotatable bonds is 4. The third kappa shape index (κ3) is 3.45. The first-order chi connectivity index (χ1) is 8.79. The maximum atomic E-state index is 11.6. The Kier molecular flexibility index (Phi) is 4.55. The van der Waals surface area contributed by atoms with Crippen molar-refractivity contribution in [2.24, 2.45) is 0 Å². The summed E-state index contributed by atoms with van der Waals surface area (Å²) in [5.74, 6) is 0. The van der Waals surface area contributed by atoms with Crippen LogP contribution in [0, 0.1) is 0 Å². The van der Waals surface area contributed by atoms with Gasteiger partial charge in [0, 0.05) is 0 Å². The normalized spacial score (nSPS) is 22.7. The van der Waals surface area contributed by atoms with E-state index in [1.807, 2.05) is 30.3 Å². The summed E-state index contributed by atoms with van der Waals surface area (Å²) in [5.41, 5.74) is 0.955. The lowest BCUT2D eigenvalue weighted by molar-refractivity contribution is 0.132. The minimum atomic E-state index is -0.439. The second-order valence-corrected chi connectivity index (χ2v) is 4.34. The van der Waals surface area contributed by atoms with Crippen LogP contribution in [0.15, 0.2) is 30.3 Å². The van der Waals surface area contributed by atoms with Crippen LogP contribution in [0.5, 0.6) is 0 Å². The van der Waals surface area contributed by atoms with Crippen molar-refractivity contribution in [1.29, 1.82) is 0 Å². The predicted octanol–water partition coefficient (Wildman–Crippen LogP) is 0.636. The monoisotopic (exact) mass is 250 g/mol. The summed E-state index contributed by atoms with van der Waals surface area (Å²) in [5, 5.41) is 15.0. The standard InChI is InChI=1S/C13H18N2O3/c16-8-12-11(6-7-14-12)15-13(17)18-9-10-4-2-1-3-5-10/h1-5,11-12,14,16H,6-9H2,(H,15,17)/t11?,12-/m1/s1. The largest absolute Gasteiger partial charge is 0.445 e. The Morgan fingerprint density at radius 1 is 1.44 bits per heavy atom. The summed E-state index contributed by atoms with van der Waals surface area (Å²) >= 11 is 0. The number of hydrogen-bond acceptors (Lipinski definition) is 4. The molecule has 5 nitrogen and oxygen atoms in total. The van der Waals surface area contributed by atoms with E-state index in [2.05, 4.69) is 10.6 Å². The SMILES string of the molecule is O=C(NC1CCN[C@@H]1CO)OCc1ccccc1. The molecule has 1 aromatic rings. The fraction of sp³-hybridized carbons (Fsp3) is 0.462. The van der Waals surface area contributed by atoms with Crippen LogP contribution < -0.4 is 10.6 Å². The van der Waals surface area contributed by atoms with E-state index in [9.17, 15) is 4.79 Å². The third-order valence-corrected chi connectivity index (χ3v) is 3.06. The number of carbonyl (C=O) groups excluding carboxylic acids is 1. The zero-order valence-corrected chi connectivity index (χ0v) is 10.1. The van der Waals surface area contributed by atoms with Crippen LogP contribution in [0.4, 0.5) is 4.79 Å². The summed E-state index contributed by atoms with van der Waals surface area (Å²) < 4.78 is 5.12. The van der Waals surface area contributed by atoms with Crippen LogP contribution in [0.25, 0.3) is 0 Å². The molecule has 1 heterocycles. The average molecular weight is 250 g/mol. The summed E-state index contributed by atoms with van der Waals surface area (Å²) in [6.45, 7) is 1.08. The number of ether oxygens (including phenoxy) is 1. The summed E-state index contributed by atoms with van der Waals surface area (Å²) in [6.07, 6.45) is 0.372. The molecule has 0 saturated carbocycles. The molecule has 1 aliphatic heterocycles. The van der Waals surface area contributed by atoms with Gasteiger partial charge >= 0.3 is 6.09 Å². The van der Waals surface area contributed by atoms with E-state index >= 15 is 0 Å². The lowest BCUT2D eigenvalue weighted by atomic mass is 10.1. The first-order valence-corrected chi connectivity index (χ1v) is 6.11. The zero-order chi connectivity index (χ0) is 12.8. The van der Waals surface area contributed by atoms with Gasteiger partial charge in [-0.25, -0.2) is 4.79 Å². The Labute approximate surface area is 106 Å². The number of carbonyl (C=O) groups is 1. The van der Waals surface area contributed by atoms with Crippen LogP contribution in [-0.4, -0.2) is 36.4 Å². The Morgan fingerprint density at radius 3 is 2.94 bits per heavy atom. The maximum Gasteiger partial charge on any atom is 0.407 e. The van der Waals surface area contributed by atoms with Gasteiger partial charge in [0.2, 0.25) is 0 Å². The highest BCUT2D eigenvalue weighted by molar-refractivity contribution is 5.67. The minimum absolute atomic E-state index is 0.0175. The molecule has 0 bridgehead atoms. The molecule has 1 unspecified atom stereocenters. The number of aliphatic hydroxyl groups is 1. The van der Waals surface area contributed by atoms with Gasteiger partial charge in [0.15, 0.2) is 0 Å². The van der Waals surface area contributed by atoms with Crippen LogP contribution in [0.1, 0.15) is 12.0 Å². The van der Waals surface area contributed by atoms with Crippen LogP contribution in [-0.2, 0) is 11.3 Å². The average Bonchev–Trinajstić information content (AvgIpc) is 2.85. The molecule has 2 rings (SSSR count). The van der Waals surface area contributed by atoms with Crippen LogP contribution in [0.2, 0.25) is 0 Å². The Balaban J connectivity index is 1.75. The van der Waals surface area contributed by atoms with E-state index in [1.54, 1.807) is 0 Å². The fourth-order valence-corrected chi connectivity index (χ4v) is 2.05. The van der Waals surface area contributed by atoms with Gasteiger partial charge in [-0.15, -0.1) is 0 Å². The molecule has 0 radical (unpaired) electrons. The van der Waals surface area contributed by atoms with Crippen LogP contribution in [0.3, 0.4) is 0 Å². The lowest BCUT2D eigenvalue weighted by Crippen LogP contribution is -2.45. The molecule has 18 heavy (non-hydrogen) atoms. The topological polar surface area (TPSA) is 70.6 Å². The minimum Gasteiger partial charge on any atom is -0.445 e. The molecule has 1 amide bonds. The van der Waals surface area contributed by atoms with Crippen molar-refractivity contribution in [3.63, 3.8) is 0 Å². The fourth-order valence-electron chi connectivity index (χ4n) is 2.05. The highest BCUT2D eigenvalue weighted by Crippen LogP contribution is 2.07.